The summed E-state index contributed by atoms with van der Waals surface area (Å²) in [5.41, 5.74) is 5.62. The van der Waals surface area contributed by atoms with Crippen LogP contribution < -0.4 is 15.8 Å². The van der Waals surface area contributed by atoms with Crippen molar-refractivity contribution >= 4 is 5.91 Å². The van der Waals surface area contributed by atoms with Gasteiger partial charge in [0.25, 0.3) is 0 Å². The Kier molecular flexibility index (Phi) is 2.83. The van der Waals surface area contributed by atoms with Crippen molar-refractivity contribution in [2.75, 3.05) is 13.2 Å². The largest absolute Gasteiger partial charge is 0.493 e. The van der Waals surface area contributed by atoms with Crippen LogP contribution in [0.5, 0.6) is 5.75 Å². The van der Waals surface area contributed by atoms with Crippen LogP contribution in [0.3, 0.4) is 0 Å². The number of primary amides is 1. The van der Waals surface area contributed by atoms with E-state index in [4.69, 9.17) is 10.5 Å². The van der Waals surface area contributed by atoms with Gasteiger partial charge in [0.2, 0.25) is 5.91 Å². The predicted molar refractivity (Wildman–Crippen MR) is 61.1 cm³/mol. The highest BCUT2D eigenvalue weighted by molar-refractivity contribution is 5.87. The molecule has 1 aromatic carbocycles. The summed E-state index contributed by atoms with van der Waals surface area (Å²) in [4.78, 5) is 11.7. The smallest absolute Gasteiger partial charge is 0.242 e. The van der Waals surface area contributed by atoms with Crippen LogP contribution >= 0.6 is 0 Å². The molecule has 2 rings (SSSR count). The standard InChI is InChI=1S/C12H16N2O2/c1-2-14-12(11(13)15)7-8-16-10-6-4-3-5-9(10)12/h3-6,14H,2,7-8H2,1H3,(H2,13,15). The molecule has 0 radical (unpaired) electrons. The molecule has 0 spiro atoms. The molecule has 1 aliphatic rings. The molecule has 1 heterocycles. The van der Waals surface area contributed by atoms with Crippen LogP contribution in [-0.2, 0) is 10.3 Å². The first-order valence-corrected chi connectivity index (χ1v) is 5.48. The lowest BCUT2D eigenvalue weighted by atomic mass is 9.83. The summed E-state index contributed by atoms with van der Waals surface area (Å²) in [6.45, 7) is 3.16. The molecule has 1 amide bonds. The molecule has 0 aromatic heterocycles. The maximum absolute atomic E-state index is 11.7. The summed E-state index contributed by atoms with van der Waals surface area (Å²) in [5, 5.41) is 3.20. The molecule has 0 fully saturated rings. The van der Waals surface area contributed by atoms with E-state index in [9.17, 15) is 4.79 Å². The van der Waals surface area contributed by atoms with Crippen LogP contribution in [0.4, 0.5) is 0 Å². The number of amides is 1. The second-order valence-corrected chi connectivity index (χ2v) is 3.89. The van der Waals surface area contributed by atoms with Gasteiger partial charge in [-0.1, -0.05) is 25.1 Å². The first-order valence-electron chi connectivity index (χ1n) is 5.48. The number of benzene rings is 1. The van der Waals surface area contributed by atoms with Crippen molar-refractivity contribution in [3.8, 4) is 5.75 Å². The number of fused-ring (bicyclic) bond motifs is 1. The number of nitrogens with two attached hydrogens (primary N) is 1. The number of hydrogen-bond donors (Lipinski definition) is 2. The highest BCUT2D eigenvalue weighted by atomic mass is 16.5. The average Bonchev–Trinajstić information content (AvgIpc) is 2.29. The number of likely N-dealkylation sites (N-methyl/N-ethyl adjacent to an activating group) is 1. The fourth-order valence-electron chi connectivity index (χ4n) is 2.22. The molecule has 1 aliphatic heterocycles. The molecular formula is C12H16N2O2. The van der Waals surface area contributed by atoms with Gasteiger partial charge in [0, 0.05) is 12.0 Å². The Labute approximate surface area is 94.8 Å². The van der Waals surface area contributed by atoms with Crippen molar-refractivity contribution in [1.82, 2.24) is 5.32 Å². The molecule has 16 heavy (non-hydrogen) atoms. The maximum atomic E-state index is 11.7. The van der Waals surface area contributed by atoms with Crippen LogP contribution in [0, 0.1) is 0 Å². The number of carbonyl (C=O) groups excluding carboxylic acids is 1. The second-order valence-electron chi connectivity index (χ2n) is 3.89. The Morgan fingerprint density at radius 2 is 2.31 bits per heavy atom. The number of rotatable bonds is 3. The lowest BCUT2D eigenvalue weighted by Gasteiger charge is -2.36. The summed E-state index contributed by atoms with van der Waals surface area (Å²) in [5.74, 6) is 0.401. The van der Waals surface area contributed by atoms with Gasteiger partial charge in [0.1, 0.15) is 11.3 Å². The van der Waals surface area contributed by atoms with E-state index in [1.165, 1.54) is 0 Å². The lowest BCUT2D eigenvalue weighted by Crippen LogP contribution is -2.55. The third kappa shape index (κ3) is 1.55. The Bertz CT molecular complexity index is 406. The highest BCUT2D eigenvalue weighted by Gasteiger charge is 2.42. The Balaban J connectivity index is 2.52. The van der Waals surface area contributed by atoms with Gasteiger partial charge in [-0.2, -0.15) is 0 Å². The van der Waals surface area contributed by atoms with Crippen molar-refractivity contribution in [1.29, 1.82) is 0 Å². The average molecular weight is 220 g/mol. The van der Waals surface area contributed by atoms with Crippen LogP contribution in [0.1, 0.15) is 18.9 Å². The van der Waals surface area contributed by atoms with E-state index in [0.717, 1.165) is 11.3 Å². The van der Waals surface area contributed by atoms with Gasteiger partial charge in [-0.05, 0) is 12.6 Å². The summed E-state index contributed by atoms with van der Waals surface area (Å²) in [7, 11) is 0. The van der Waals surface area contributed by atoms with Crippen LogP contribution in [0.15, 0.2) is 24.3 Å². The fourth-order valence-corrected chi connectivity index (χ4v) is 2.22. The molecule has 4 nitrogen and oxygen atoms in total. The van der Waals surface area contributed by atoms with E-state index >= 15 is 0 Å². The molecule has 4 heteroatoms. The summed E-state index contributed by atoms with van der Waals surface area (Å²) >= 11 is 0. The fraction of sp³-hybridized carbons (Fsp3) is 0.417. The zero-order valence-electron chi connectivity index (χ0n) is 9.32. The zero-order chi connectivity index (χ0) is 11.6. The summed E-state index contributed by atoms with van der Waals surface area (Å²) in [6.07, 6.45) is 0.577. The SMILES string of the molecule is CCNC1(C(N)=O)CCOc2ccccc21. The topological polar surface area (TPSA) is 64.3 Å². The number of hydrogen-bond acceptors (Lipinski definition) is 3. The molecule has 0 saturated heterocycles. The van der Waals surface area contributed by atoms with E-state index in [0.29, 0.717) is 19.6 Å². The van der Waals surface area contributed by atoms with E-state index < -0.39 is 5.54 Å². The minimum Gasteiger partial charge on any atom is -0.493 e. The van der Waals surface area contributed by atoms with Crippen molar-refractivity contribution < 1.29 is 9.53 Å². The Morgan fingerprint density at radius 1 is 1.56 bits per heavy atom. The molecule has 86 valence electrons. The Hall–Kier alpha value is -1.55. The van der Waals surface area contributed by atoms with Crippen molar-refractivity contribution in [3.63, 3.8) is 0 Å². The van der Waals surface area contributed by atoms with Crippen molar-refractivity contribution in [2.45, 2.75) is 18.9 Å². The molecule has 1 aromatic rings. The lowest BCUT2D eigenvalue weighted by molar-refractivity contribution is -0.126. The number of nitrogens with one attached hydrogen (secondary N) is 1. The summed E-state index contributed by atoms with van der Waals surface area (Å²) < 4.78 is 5.53. The highest BCUT2D eigenvalue weighted by Crippen LogP contribution is 2.36. The molecule has 0 bridgehead atoms. The van der Waals surface area contributed by atoms with E-state index in [-0.39, 0.29) is 5.91 Å². The quantitative estimate of drug-likeness (QED) is 0.790. The zero-order valence-corrected chi connectivity index (χ0v) is 9.32. The Morgan fingerprint density at radius 3 is 3.00 bits per heavy atom. The third-order valence-electron chi connectivity index (χ3n) is 2.98. The molecular weight excluding hydrogens is 204 g/mol. The molecule has 0 saturated carbocycles. The molecule has 1 unspecified atom stereocenters. The van der Waals surface area contributed by atoms with Gasteiger partial charge in [0.05, 0.1) is 6.61 Å². The number of carbonyl (C=O) groups is 1. The number of para-hydroxylation sites is 1. The monoisotopic (exact) mass is 220 g/mol. The maximum Gasteiger partial charge on any atom is 0.242 e. The molecule has 3 N–H and O–H groups in total. The summed E-state index contributed by atoms with van der Waals surface area (Å²) in [6, 6.07) is 7.54. The first kappa shape index (κ1) is 11.0. The normalized spacial score (nSPS) is 23.3. The minimum atomic E-state index is -0.774. The molecule has 0 aliphatic carbocycles. The van der Waals surface area contributed by atoms with Gasteiger partial charge < -0.3 is 10.5 Å². The predicted octanol–water partition coefficient (Wildman–Crippen LogP) is 0.759. The minimum absolute atomic E-state index is 0.342. The number of ether oxygens (including phenoxy) is 1. The first-order chi connectivity index (χ1) is 7.70. The molecule has 1 atom stereocenters. The van der Waals surface area contributed by atoms with Gasteiger partial charge in [0.15, 0.2) is 0 Å². The van der Waals surface area contributed by atoms with Gasteiger partial charge in [-0.25, -0.2) is 0 Å². The van der Waals surface area contributed by atoms with Crippen LogP contribution in [-0.4, -0.2) is 19.1 Å². The van der Waals surface area contributed by atoms with E-state index in [1.54, 1.807) is 0 Å². The van der Waals surface area contributed by atoms with E-state index in [1.807, 2.05) is 31.2 Å². The van der Waals surface area contributed by atoms with Crippen LogP contribution in [0.25, 0.3) is 0 Å². The van der Waals surface area contributed by atoms with Gasteiger partial charge in [-0.3, -0.25) is 10.1 Å². The van der Waals surface area contributed by atoms with Gasteiger partial charge >= 0.3 is 0 Å². The van der Waals surface area contributed by atoms with Crippen molar-refractivity contribution in [2.24, 2.45) is 5.73 Å². The van der Waals surface area contributed by atoms with Crippen molar-refractivity contribution in [3.05, 3.63) is 29.8 Å². The van der Waals surface area contributed by atoms with Gasteiger partial charge in [-0.15, -0.1) is 0 Å². The third-order valence-corrected chi connectivity index (χ3v) is 2.98. The van der Waals surface area contributed by atoms with Crippen LogP contribution in [0.2, 0.25) is 0 Å². The second kappa shape index (κ2) is 4.14. The van der Waals surface area contributed by atoms with E-state index in [2.05, 4.69) is 5.32 Å².